The number of amides is 3. The molecule has 1 atom stereocenters. The first-order chi connectivity index (χ1) is 15.4. The summed E-state index contributed by atoms with van der Waals surface area (Å²) in [6.07, 6.45) is 3.60. The number of urea groups is 1. The summed E-state index contributed by atoms with van der Waals surface area (Å²) in [6.45, 7) is -0.533. The van der Waals surface area contributed by atoms with E-state index in [1.54, 1.807) is 30.3 Å². The van der Waals surface area contributed by atoms with E-state index in [1.165, 1.54) is 18.5 Å². The predicted molar refractivity (Wildman–Crippen MR) is 114 cm³/mol. The third-order valence-corrected chi connectivity index (χ3v) is 4.80. The van der Waals surface area contributed by atoms with Crippen molar-refractivity contribution in [3.05, 3.63) is 48.8 Å². The molecule has 32 heavy (non-hydrogen) atoms. The van der Waals surface area contributed by atoms with E-state index in [0.29, 0.717) is 22.4 Å². The van der Waals surface area contributed by atoms with Gasteiger partial charge in [0, 0.05) is 29.9 Å². The third kappa shape index (κ3) is 4.95. The zero-order valence-corrected chi connectivity index (χ0v) is 16.8. The van der Waals surface area contributed by atoms with Crippen LogP contribution in [0.1, 0.15) is 12.8 Å². The van der Waals surface area contributed by atoms with Gasteiger partial charge in [-0.05, 0) is 43.2 Å². The van der Waals surface area contributed by atoms with Gasteiger partial charge in [-0.1, -0.05) is 0 Å². The zero-order valence-electron chi connectivity index (χ0n) is 16.8. The highest BCUT2D eigenvalue weighted by atomic mass is 16.5. The van der Waals surface area contributed by atoms with Crippen molar-refractivity contribution >= 4 is 34.8 Å². The molecular weight excluding hydrogens is 418 g/mol. The van der Waals surface area contributed by atoms with Crippen LogP contribution in [0.25, 0.3) is 10.9 Å². The molecule has 1 aliphatic rings. The summed E-state index contributed by atoms with van der Waals surface area (Å²) in [5, 5.41) is 26.9. The number of nitrogens with zero attached hydrogens (tertiary/aromatic N) is 2. The van der Waals surface area contributed by atoms with Crippen LogP contribution < -0.4 is 20.7 Å². The van der Waals surface area contributed by atoms with Crippen molar-refractivity contribution < 1.29 is 29.3 Å². The molecule has 2 heterocycles. The van der Waals surface area contributed by atoms with Crippen LogP contribution in [0.2, 0.25) is 0 Å². The number of fused-ring (bicyclic) bond motifs is 1. The Labute approximate surface area is 182 Å². The minimum absolute atomic E-state index is 0.110. The summed E-state index contributed by atoms with van der Waals surface area (Å²) < 4.78 is 6.90. The summed E-state index contributed by atoms with van der Waals surface area (Å²) in [5.74, 6) is 0.594. The van der Waals surface area contributed by atoms with Gasteiger partial charge in [-0.15, -0.1) is 0 Å². The van der Waals surface area contributed by atoms with Crippen LogP contribution in [0.5, 0.6) is 11.5 Å². The fourth-order valence-electron chi connectivity index (χ4n) is 3.06. The number of rotatable bonds is 7. The molecular formula is C21H21N5O6. The Morgan fingerprint density at radius 2 is 1.94 bits per heavy atom. The van der Waals surface area contributed by atoms with E-state index in [-0.39, 0.29) is 11.9 Å². The lowest BCUT2D eigenvalue weighted by molar-refractivity contribution is -0.123. The quantitative estimate of drug-likeness (QED) is 0.378. The molecule has 4 rings (SSSR count). The molecule has 0 saturated heterocycles. The minimum atomic E-state index is -1.08. The maximum Gasteiger partial charge on any atom is 0.415 e. The molecule has 0 bridgehead atoms. The standard InChI is InChI=1S/C21H21N5O6/c27-11-16(19(28)23-13-1-2-13)24-20(29)25-18-10-15(5-7-22-18)32-14-3-4-17-12(9-14)6-8-26(17)21(30)31/h3-10,13,16,27H,1-2,11H2,(H,23,28)(H,30,31)(H2,22,24,25,29)/t16-/m0/s1. The Morgan fingerprint density at radius 3 is 2.66 bits per heavy atom. The van der Waals surface area contributed by atoms with Gasteiger partial charge in [-0.3, -0.25) is 14.7 Å². The van der Waals surface area contributed by atoms with E-state index in [2.05, 4.69) is 20.9 Å². The first-order valence-electron chi connectivity index (χ1n) is 9.90. The second kappa shape index (κ2) is 8.94. The predicted octanol–water partition coefficient (Wildman–Crippen LogP) is 2.12. The van der Waals surface area contributed by atoms with Gasteiger partial charge in [0.1, 0.15) is 23.4 Å². The number of nitrogens with one attached hydrogen (secondary N) is 3. The fraction of sp³-hybridized carbons (Fsp3) is 0.238. The number of ether oxygens (including phenoxy) is 1. The first-order valence-corrected chi connectivity index (χ1v) is 9.90. The van der Waals surface area contributed by atoms with E-state index in [0.717, 1.165) is 17.4 Å². The van der Waals surface area contributed by atoms with Crippen LogP contribution in [0.3, 0.4) is 0 Å². The number of aromatic nitrogens is 2. The van der Waals surface area contributed by atoms with Gasteiger partial charge in [-0.25, -0.2) is 14.6 Å². The van der Waals surface area contributed by atoms with Crippen molar-refractivity contribution in [1.82, 2.24) is 20.2 Å². The van der Waals surface area contributed by atoms with E-state index in [4.69, 9.17) is 9.84 Å². The molecule has 0 unspecified atom stereocenters. The summed E-state index contributed by atoms with van der Waals surface area (Å²) in [5.41, 5.74) is 0.530. The highest BCUT2D eigenvalue weighted by Gasteiger charge is 2.28. The number of carbonyl (C=O) groups is 3. The summed E-state index contributed by atoms with van der Waals surface area (Å²) >= 11 is 0. The number of carbonyl (C=O) groups excluding carboxylic acids is 2. The number of benzene rings is 1. The molecule has 3 amide bonds. The smallest absolute Gasteiger partial charge is 0.415 e. The average molecular weight is 439 g/mol. The molecule has 1 saturated carbocycles. The van der Waals surface area contributed by atoms with Crippen LogP contribution in [-0.2, 0) is 4.79 Å². The Kier molecular flexibility index (Phi) is 5.90. The summed E-state index contributed by atoms with van der Waals surface area (Å²) in [6, 6.07) is 8.05. The van der Waals surface area contributed by atoms with Crippen LogP contribution in [0.4, 0.5) is 15.4 Å². The van der Waals surface area contributed by atoms with Gasteiger partial charge in [0.05, 0.1) is 12.1 Å². The van der Waals surface area contributed by atoms with Crippen molar-refractivity contribution in [1.29, 1.82) is 0 Å². The van der Waals surface area contributed by atoms with Gasteiger partial charge >= 0.3 is 12.1 Å². The lowest BCUT2D eigenvalue weighted by Gasteiger charge is -2.16. The van der Waals surface area contributed by atoms with Crippen LogP contribution in [0, 0.1) is 0 Å². The SMILES string of the molecule is O=C(Nc1cc(Oc2ccc3c(ccn3C(=O)O)c2)ccn1)N[C@@H](CO)C(=O)NC1CC1. The molecule has 166 valence electrons. The Balaban J connectivity index is 1.39. The zero-order chi connectivity index (χ0) is 22.7. The van der Waals surface area contributed by atoms with E-state index >= 15 is 0 Å². The molecule has 1 aliphatic carbocycles. The number of carboxylic acid groups (broad SMARTS) is 1. The largest absolute Gasteiger partial charge is 0.464 e. The molecule has 1 fully saturated rings. The number of aliphatic hydroxyl groups excluding tert-OH is 1. The van der Waals surface area contributed by atoms with Gasteiger partial charge in [-0.2, -0.15) is 0 Å². The van der Waals surface area contributed by atoms with Gasteiger partial charge in [0.15, 0.2) is 0 Å². The molecule has 0 aliphatic heterocycles. The van der Waals surface area contributed by atoms with Crippen molar-refractivity contribution in [3.8, 4) is 11.5 Å². The number of hydrogen-bond donors (Lipinski definition) is 5. The second-order valence-electron chi connectivity index (χ2n) is 7.28. The molecule has 11 heteroatoms. The molecule has 0 radical (unpaired) electrons. The highest BCUT2D eigenvalue weighted by molar-refractivity contribution is 5.93. The number of hydrogen-bond acceptors (Lipinski definition) is 6. The number of anilines is 1. The molecule has 1 aromatic carbocycles. The minimum Gasteiger partial charge on any atom is -0.464 e. The van der Waals surface area contributed by atoms with Gasteiger partial charge in [0.25, 0.3) is 0 Å². The maximum atomic E-state index is 12.2. The van der Waals surface area contributed by atoms with Gasteiger partial charge < -0.3 is 25.6 Å². The maximum absolute atomic E-state index is 12.2. The van der Waals surface area contributed by atoms with Crippen molar-refractivity contribution in [2.75, 3.05) is 11.9 Å². The van der Waals surface area contributed by atoms with Crippen LogP contribution >= 0.6 is 0 Å². The van der Waals surface area contributed by atoms with E-state index in [1.807, 2.05) is 0 Å². The molecule has 3 aromatic rings. The van der Waals surface area contributed by atoms with Crippen LogP contribution in [0.15, 0.2) is 48.8 Å². The average Bonchev–Trinajstić information content (AvgIpc) is 3.47. The Morgan fingerprint density at radius 1 is 1.16 bits per heavy atom. The number of aliphatic hydroxyl groups is 1. The summed E-state index contributed by atoms with van der Waals surface area (Å²) in [4.78, 5) is 39.5. The van der Waals surface area contributed by atoms with Crippen molar-refractivity contribution in [2.45, 2.75) is 24.9 Å². The third-order valence-electron chi connectivity index (χ3n) is 4.80. The van der Waals surface area contributed by atoms with Crippen molar-refractivity contribution in [3.63, 3.8) is 0 Å². The monoisotopic (exact) mass is 439 g/mol. The number of pyridine rings is 1. The summed E-state index contributed by atoms with van der Waals surface area (Å²) in [7, 11) is 0. The topological polar surface area (TPSA) is 155 Å². The lowest BCUT2D eigenvalue weighted by atomic mass is 10.2. The van der Waals surface area contributed by atoms with Crippen LogP contribution in [-0.4, -0.2) is 56.5 Å². The Bertz CT molecular complexity index is 1170. The molecule has 11 nitrogen and oxygen atoms in total. The first kappa shape index (κ1) is 21.1. The molecule has 2 aromatic heterocycles. The second-order valence-corrected chi connectivity index (χ2v) is 7.28. The fourth-order valence-corrected chi connectivity index (χ4v) is 3.06. The van der Waals surface area contributed by atoms with Crippen molar-refractivity contribution in [2.24, 2.45) is 0 Å². The molecule has 5 N–H and O–H groups in total. The normalized spacial score (nSPS) is 13.9. The lowest BCUT2D eigenvalue weighted by Crippen LogP contribution is -2.50. The highest BCUT2D eigenvalue weighted by Crippen LogP contribution is 2.27. The van der Waals surface area contributed by atoms with E-state index in [9.17, 15) is 19.5 Å². The Hall–Kier alpha value is -4.12. The van der Waals surface area contributed by atoms with E-state index < -0.39 is 30.7 Å². The van der Waals surface area contributed by atoms with Gasteiger partial charge in [0.2, 0.25) is 5.91 Å². The molecule has 0 spiro atoms.